The van der Waals surface area contributed by atoms with Crippen molar-refractivity contribution in [1.29, 1.82) is 0 Å². The average Bonchev–Trinajstić information content (AvgIpc) is 2.46. The van der Waals surface area contributed by atoms with Crippen LogP contribution in [0.25, 0.3) is 0 Å². The average molecular weight is 289 g/mol. The highest BCUT2D eigenvalue weighted by Crippen LogP contribution is 2.25. The van der Waals surface area contributed by atoms with E-state index in [2.05, 4.69) is 56.1 Å². The van der Waals surface area contributed by atoms with Gasteiger partial charge in [0.2, 0.25) is 0 Å². The van der Waals surface area contributed by atoms with Crippen molar-refractivity contribution >= 4 is 5.82 Å². The molecule has 1 fully saturated rings. The van der Waals surface area contributed by atoms with Gasteiger partial charge >= 0.3 is 0 Å². The lowest BCUT2D eigenvalue weighted by atomic mass is 9.92. The summed E-state index contributed by atoms with van der Waals surface area (Å²) in [6.07, 6.45) is 5.34. The Morgan fingerprint density at radius 1 is 1.24 bits per heavy atom. The summed E-state index contributed by atoms with van der Waals surface area (Å²) in [5, 5.41) is 3.51. The minimum absolute atomic E-state index is 0.135. The first-order valence-electron chi connectivity index (χ1n) is 8.44. The molecule has 0 aromatic carbocycles. The van der Waals surface area contributed by atoms with E-state index in [1.807, 2.05) is 0 Å². The Kier molecular flexibility index (Phi) is 5.63. The highest BCUT2D eigenvalue weighted by Gasteiger charge is 2.19. The number of aromatic nitrogens is 1. The fourth-order valence-electron chi connectivity index (χ4n) is 2.96. The number of pyridine rings is 1. The van der Waals surface area contributed by atoms with Gasteiger partial charge in [0.25, 0.3) is 0 Å². The smallest absolute Gasteiger partial charge is 0.128 e. The number of rotatable bonds is 5. The topological polar surface area (TPSA) is 28.2 Å². The van der Waals surface area contributed by atoms with Crippen LogP contribution in [0.1, 0.15) is 59.1 Å². The molecule has 3 nitrogen and oxygen atoms in total. The van der Waals surface area contributed by atoms with Gasteiger partial charge < -0.3 is 10.2 Å². The summed E-state index contributed by atoms with van der Waals surface area (Å²) in [6, 6.07) is 6.41. The fourth-order valence-corrected chi connectivity index (χ4v) is 2.96. The lowest BCUT2D eigenvalue weighted by Crippen LogP contribution is -2.36. The second kappa shape index (κ2) is 7.26. The second-order valence-electron chi connectivity index (χ2n) is 7.31. The lowest BCUT2D eigenvalue weighted by molar-refractivity contribution is 0.377. The van der Waals surface area contributed by atoms with Crippen LogP contribution in [0.2, 0.25) is 0 Å². The molecule has 1 saturated heterocycles. The summed E-state index contributed by atoms with van der Waals surface area (Å²) in [7, 11) is 0. The molecule has 1 aromatic heterocycles. The molecule has 21 heavy (non-hydrogen) atoms. The molecule has 0 saturated carbocycles. The Morgan fingerprint density at radius 3 is 2.57 bits per heavy atom. The minimum Gasteiger partial charge on any atom is -0.357 e. The van der Waals surface area contributed by atoms with E-state index in [4.69, 9.17) is 4.98 Å². The zero-order chi connectivity index (χ0) is 15.3. The van der Waals surface area contributed by atoms with Crippen LogP contribution < -0.4 is 10.2 Å². The van der Waals surface area contributed by atoms with Crippen LogP contribution in [-0.2, 0) is 6.54 Å². The van der Waals surface area contributed by atoms with Crippen LogP contribution in [0.5, 0.6) is 0 Å². The maximum atomic E-state index is 4.83. The standard InChI is InChI=1S/C18H31N3/c1-5-7-15-10-12-21(13-11-15)17-9-6-8-16(20-17)14-19-18(2,3)4/h6,8-9,15,19H,5,7,10-14H2,1-4H3. The van der Waals surface area contributed by atoms with Gasteiger partial charge in [-0.05, 0) is 51.7 Å². The summed E-state index contributed by atoms with van der Waals surface area (Å²) in [5.74, 6) is 2.08. The van der Waals surface area contributed by atoms with Gasteiger partial charge in [0, 0.05) is 25.2 Å². The van der Waals surface area contributed by atoms with Crippen molar-refractivity contribution in [2.24, 2.45) is 5.92 Å². The summed E-state index contributed by atoms with van der Waals surface area (Å²) in [4.78, 5) is 7.29. The molecule has 0 bridgehead atoms. The normalized spacial score (nSPS) is 17.2. The van der Waals surface area contributed by atoms with Gasteiger partial charge in [-0.3, -0.25) is 0 Å². The molecular formula is C18H31N3. The first-order chi connectivity index (χ1) is 9.98. The van der Waals surface area contributed by atoms with Crippen molar-refractivity contribution < 1.29 is 0 Å². The van der Waals surface area contributed by atoms with Crippen molar-refractivity contribution in [2.75, 3.05) is 18.0 Å². The molecule has 0 radical (unpaired) electrons. The highest BCUT2D eigenvalue weighted by atomic mass is 15.2. The summed E-state index contributed by atoms with van der Waals surface area (Å²) in [5.41, 5.74) is 1.27. The van der Waals surface area contributed by atoms with E-state index in [0.29, 0.717) is 0 Å². The van der Waals surface area contributed by atoms with Crippen molar-refractivity contribution in [3.8, 4) is 0 Å². The Labute approximate surface area is 130 Å². The van der Waals surface area contributed by atoms with Crippen LogP contribution in [0.3, 0.4) is 0 Å². The third-order valence-corrected chi connectivity index (χ3v) is 4.23. The highest BCUT2D eigenvalue weighted by molar-refractivity contribution is 5.39. The zero-order valence-corrected chi connectivity index (χ0v) is 14.2. The molecule has 1 aromatic rings. The maximum Gasteiger partial charge on any atom is 0.128 e. The Bertz CT molecular complexity index is 428. The minimum atomic E-state index is 0.135. The number of hydrogen-bond donors (Lipinski definition) is 1. The summed E-state index contributed by atoms with van der Waals surface area (Å²) in [6.45, 7) is 12.0. The van der Waals surface area contributed by atoms with E-state index in [9.17, 15) is 0 Å². The number of anilines is 1. The van der Waals surface area contributed by atoms with Crippen LogP contribution in [0.15, 0.2) is 18.2 Å². The lowest BCUT2D eigenvalue weighted by Gasteiger charge is -2.33. The first kappa shape index (κ1) is 16.3. The van der Waals surface area contributed by atoms with Crippen molar-refractivity contribution in [2.45, 2.75) is 65.5 Å². The van der Waals surface area contributed by atoms with Crippen LogP contribution in [0.4, 0.5) is 5.82 Å². The molecule has 0 atom stereocenters. The van der Waals surface area contributed by atoms with E-state index in [0.717, 1.165) is 37.1 Å². The van der Waals surface area contributed by atoms with Crippen molar-refractivity contribution in [1.82, 2.24) is 10.3 Å². The van der Waals surface area contributed by atoms with Gasteiger partial charge in [0.05, 0.1) is 5.69 Å². The predicted molar refractivity (Wildman–Crippen MR) is 90.7 cm³/mol. The van der Waals surface area contributed by atoms with Crippen LogP contribution in [-0.4, -0.2) is 23.6 Å². The summed E-state index contributed by atoms with van der Waals surface area (Å²) >= 11 is 0. The zero-order valence-electron chi connectivity index (χ0n) is 14.2. The monoisotopic (exact) mass is 289 g/mol. The van der Waals surface area contributed by atoms with Gasteiger partial charge in [0.15, 0.2) is 0 Å². The third kappa shape index (κ3) is 5.31. The first-order valence-corrected chi connectivity index (χ1v) is 8.44. The number of piperidine rings is 1. The van der Waals surface area contributed by atoms with Gasteiger partial charge in [-0.25, -0.2) is 4.98 Å². The molecule has 0 aliphatic carbocycles. The molecule has 118 valence electrons. The molecule has 1 aliphatic heterocycles. The molecular weight excluding hydrogens is 258 g/mol. The number of nitrogens with zero attached hydrogens (tertiary/aromatic N) is 2. The van der Waals surface area contributed by atoms with E-state index < -0.39 is 0 Å². The van der Waals surface area contributed by atoms with Gasteiger partial charge in [0.1, 0.15) is 5.82 Å². The molecule has 1 N–H and O–H groups in total. The molecule has 2 rings (SSSR count). The van der Waals surface area contributed by atoms with Crippen LogP contribution >= 0.6 is 0 Å². The van der Waals surface area contributed by atoms with E-state index in [1.165, 1.54) is 25.7 Å². The van der Waals surface area contributed by atoms with E-state index in [-0.39, 0.29) is 5.54 Å². The Balaban J connectivity index is 1.92. The number of hydrogen-bond acceptors (Lipinski definition) is 3. The molecule has 2 heterocycles. The largest absolute Gasteiger partial charge is 0.357 e. The maximum absolute atomic E-state index is 4.83. The van der Waals surface area contributed by atoms with Gasteiger partial charge in [-0.1, -0.05) is 25.8 Å². The Morgan fingerprint density at radius 2 is 1.95 bits per heavy atom. The van der Waals surface area contributed by atoms with Crippen molar-refractivity contribution in [3.05, 3.63) is 23.9 Å². The molecule has 3 heteroatoms. The Hall–Kier alpha value is -1.09. The van der Waals surface area contributed by atoms with Gasteiger partial charge in [-0.2, -0.15) is 0 Å². The van der Waals surface area contributed by atoms with Crippen molar-refractivity contribution in [3.63, 3.8) is 0 Å². The second-order valence-corrected chi connectivity index (χ2v) is 7.31. The molecule has 0 amide bonds. The molecule has 0 spiro atoms. The molecule has 1 aliphatic rings. The number of nitrogens with one attached hydrogen (secondary N) is 1. The van der Waals surface area contributed by atoms with E-state index >= 15 is 0 Å². The van der Waals surface area contributed by atoms with Gasteiger partial charge in [-0.15, -0.1) is 0 Å². The molecule has 0 unspecified atom stereocenters. The predicted octanol–water partition coefficient (Wildman–Crippen LogP) is 3.99. The van der Waals surface area contributed by atoms with E-state index in [1.54, 1.807) is 0 Å². The summed E-state index contributed by atoms with van der Waals surface area (Å²) < 4.78 is 0. The fraction of sp³-hybridized carbons (Fsp3) is 0.722. The third-order valence-electron chi connectivity index (χ3n) is 4.23. The van der Waals surface area contributed by atoms with Crippen LogP contribution in [0, 0.1) is 5.92 Å². The quantitative estimate of drug-likeness (QED) is 0.888. The SMILES string of the molecule is CCCC1CCN(c2cccc(CNC(C)(C)C)n2)CC1.